The molecule has 0 spiro atoms. The van der Waals surface area contributed by atoms with E-state index in [1.807, 2.05) is 38.1 Å². The molecule has 1 fully saturated rings. The van der Waals surface area contributed by atoms with Gasteiger partial charge in [0.1, 0.15) is 0 Å². The van der Waals surface area contributed by atoms with Gasteiger partial charge in [-0.25, -0.2) is 0 Å². The Kier molecular flexibility index (Phi) is 4.46. The number of hydrogen-bond acceptors (Lipinski definition) is 2. The molecule has 1 amide bonds. The van der Waals surface area contributed by atoms with Gasteiger partial charge in [-0.15, -0.1) is 0 Å². The first-order valence-corrected chi connectivity index (χ1v) is 7.23. The maximum atomic E-state index is 12.0. The minimum Gasteiger partial charge on any atom is -0.382 e. The lowest BCUT2D eigenvalue weighted by Gasteiger charge is -2.19. The molecule has 1 aromatic carbocycles. The van der Waals surface area contributed by atoms with Crippen LogP contribution in [0.15, 0.2) is 24.3 Å². The molecule has 1 aromatic rings. The van der Waals surface area contributed by atoms with Crippen LogP contribution in [0.3, 0.4) is 0 Å². The maximum Gasteiger partial charge on any atom is 0.251 e. The van der Waals surface area contributed by atoms with E-state index in [2.05, 4.69) is 17.6 Å². The van der Waals surface area contributed by atoms with Crippen LogP contribution >= 0.6 is 0 Å². The molecule has 2 unspecified atom stereocenters. The molecule has 3 nitrogen and oxygen atoms in total. The highest BCUT2D eigenvalue weighted by molar-refractivity contribution is 5.95. The standard InChI is InChI=1S/C16H24N2O/c1-11(2)17-16(19)13-7-5-8-14(10-13)18-15-9-4-6-12(15)3/h5,7-8,10-12,15,18H,4,6,9H2,1-3H3,(H,17,19). The van der Waals surface area contributed by atoms with Gasteiger partial charge in [-0.1, -0.05) is 19.4 Å². The van der Waals surface area contributed by atoms with Gasteiger partial charge in [-0.05, 0) is 50.8 Å². The van der Waals surface area contributed by atoms with E-state index in [4.69, 9.17) is 0 Å². The van der Waals surface area contributed by atoms with E-state index < -0.39 is 0 Å². The van der Waals surface area contributed by atoms with Gasteiger partial charge in [0.2, 0.25) is 0 Å². The van der Waals surface area contributed by atoms with Crippen molar-refractivity contribution in [3.8, 4) is 0 Å². The molecule has 0 radical (unpaired) electrons. The van der Waals surface area contributed by atoms with Crippen molar-refractivity contribution in [2.45, 2.75) is 52.1 Å². The quantitative estimate of drug-likeness (QED) is 0.871. The molecule has 0 saturated heterocycles. The van der Waals surface area contributed by atoms with Crippen molar-refractivity contribution in [3.63, 3.8) is 0 Å². The summed E-state index contributed by atoms with van der Waals surface area (Å²) >= 11 is 0. The van der Waals surface area contributed by atoms with E-state index in [0.29, 0.717) is 12.0 Å². The van der Waals surface area contributed by atoms with Gasteiger partial charge in [0, 0.05) is 23.3 Å². The zero-order valence-electron chi connectivity index (χ0n) is 12.1. The lowest BCUT2D eigenvalue weighted by molar-refractivity contribution is 0.0943. The highest BCUT2D eigenvalue weighted by Crippen LogP contribution is 2.28. The summed E-state index contributed by atoms with van der Waals surface area (Å²) in [5, 5.41) is 6.48. The molecule has 0 aliphatic heterocycles. The summed E-state index contributed by atoms with van der Waals surface area (Å²) in [6.45, 7) is 6.24. The molecule has 3 heteroatoms. The van der Waals surface area contributed by atoms with Gasteiger partial charge in [0.25, 0.3) is 5.91 Å². The number of carbonyl (C=O) groups excluding carboxylic acids is 1. The molecule has 1 aliphatic carbocycles. The van der Waals surface area contributed by atoms with Crippen LogP contribution < -0.4 is 10.6 Å². The normalized spacial score (nSPS) is 22.5. The molecule has 19 heavy (non-hydrogen) atoms. The summed E-state index contributed by atoms with van der Waals surface area (Å²) in [5.74, 6) is 0.714. The maximum absolute atomic E-state index is 12.0. The Balaban J connectivity index is 2.04. The second-order valence-corrected chi connectivity index (χ2v) is 5.87. The van der Waals surface area contributed by atoms with Crippen LogP contribution in [0.1, 0.15) is 50.4 Å². The summed E-state index contributed by atoms with van der Waals surface area (Å²) in [6.07, 6.45) is 3.82. The molecule has 2 rings (SSSR count). The van der Waals surface area contributed by atoms with Crippen LogP contribution in [-0.4, -0.2) is 18.0 Å². The second kappa shape index (κ2) is 6.09. The summed E-state index contributed by atoms with van der Waals surface area (Å²) in [4.78, 5) is 12.0. The summed E-state index contributed by atoms with van der Waals surface area (Å²) < 4.78 is 0. The number of hydrogen-bond donors (Lipinski definition) is 2. The van der Waals surface area contributed by atoms with Crippen molar-refractivity contribution >= 4 is 11.6 Å². The Hall–Kier alpha value is -1.51. The van der Waals surface area contributed by atoms with Crippen LogP contribution in [0, 0.1) is 5.92 Å². The summed E-state index contributed by atoms with van der Waals surface area (Å²) in [5.41, 5.74) is 1.78. The first-order chi connectivity index (χ1) is 9.06. The highest BCUT2D eigenvalue weighted by atomic mass is 16.1. The molecular formula is C16H24N2O. The molecule has 0 aromatic heterocycles. The van der Waals surface area contributed by atoms with Crippen molar-refractivity contribution in [1.82, 2.24) is 5.32 Å². The van der Waals surface area contributed by atoms with Gasteiger partial charge >= 0.3 is 0 Å². The summed E-state index contributed by atoms with van der Waals surface area (Å²) in [6, 6.07) is 8.50. The van der Waals surface area contributed by atoms with E-state index in [0.717, 1.165) is 11.3 Å². The Labute approximate surface area is 115 Å². The Bertz CT molecular complexity index is 442. The largest absolute Gasteiger partial charge is 0.382 e. The molecular weight excluding hydrogens is 236 g/mol. The number of carbonyl (C=O) groups is 1. The lowest BCUT2D eigenvalue weighted by Crippen LogP contribution is -2.30. The Morgan fingerprint density at radius 1 is 1.32 bits per heavy atom. The van der Waals surface area contributed by atoms with Crippen LogP contribution in [0.4, 0.5) is 5.69 Å². The third-order valence-electron chi connectivity index (χ3n) is 3.76. The van der Waals surface area contributed by atoms with E-state index in [1.54, 1.807) is 0 Å². The zero-order chi connectivity index (χ0) is 13.8. The number of rotatable bonds is 4. The van der Waals surface area contributed by atoms with Crippen molar-refractivity contribution in [2.75, 3.05) is 5.32 Å². The first-order valence-electron chi connectivity index (χ1n) is 7.23. The van der Waals surface area contributed by atoms with E-state index in [-0.39, 0.29) is 11.9 Å². The van der Waals surface area contributed by atoms with Crippen molar-refractivity contribution in [3.05, 3.63) is 29.8 Å². The van der Waals surface area contributed by atoms with Crippen molar-refractivity contribution < 1.29 is 4.79 Å². The van der Waals surface area contributed by atoms with Gasteiger partial charge in [0.15, 0.2) is 0 Å². The van der Waals surface area contributed by atoms with Crippen molar-refractivity contribution in [2.24, 2.45) is 5.92 Å². The number of benzene rings is 1. The Morgan fingerprint density at radius 2 is 2.11 bits per heavy atom. The Morgan fingerprint density at radius 3 is 2.74 bits per heavy atom. The van der Waals surface area contributed by atoms with E-state index in [1.165, 1.54) is 19.3 Å². The molecule has 0 heterocycles. The molecule has 0 bridgehead atoms. The highest BCUT2D eigenvalue weighted by Gasteiger charge is 2.23. The number of amides is 1. The van der Waals surface area contributed by atoms with Crippen LogP contribution in [0.2, 0.25) is 0 Å². The van der Waals surface area contributed by atoms with E-state index in [9.17, 15) is 4.79 Å². The minimum absolute atomic E-state index is 0.00174. The fraction of sp³-hybridized carbons (Fsp3) is 0.562. The van der Waals surface area contributed by atoms with Gasteiger partial charge in [-0.3, -0.25) is 4.79 Å². The average molecular weight is 260 g/mol. The SMILES string of the molecule is CC(C)NC(=O)c1cccc(NC2CCCC2C)c1. The molecule has 1 saturated carbocycles. The fourth-order valence-electron chi connectivity index (χ4n) is 2.67. The van der Waals surface area contributed by atoms with Gasteiger partial charge in [-0.2, -0.15) is 0 Å². The lowest BCUT2D eigenvalue weighted by atomic mass is 10.1. The topological polar surface area (TPSA) is 41.1 Å². The fourth-order valence-corrected chi connectivity index (χ4v) is 2.67. The van der Waals surface area contributed by atoms with E-state index >= 15 is 0 Å². The predicted octanol–water partition coefficient (Wildman–Crippen LogP) is 3.43. The summed E-state index contributed by atoms with van der Waals surface area (Å²) in [7, 11) is 0. The molecule has 104 valence electrons. The number of anilines is 1. The first kappa shape index (κ1) is 13.9. The van der Waals surface area contributed by atoms with Gasteiger partial charge < -0.3 is 10.6 Å². The van der Waals surface area contributed by atoms with Crippen molar-refractivity contribution in [1.29, 1.82) is 0 Å². The molecule has 2 N–H and O–H groups in total. The third-order valence-corrected chi connectivity index (χ3v) is 3.76. The predicted molar refractivity (Wildman–Crippen MR) is 79.5 cm³/mol. The monoisotopic (exact) mass is 260 g/mol. The third kappa shape index (κ3) is 3.72. The molecule has 2 atom stereocenters. The zero-order valence-corrected chi connectivity index (χ0v) is 12.1. The minimum atomic E-state index is -0.00174. The van der Waals surface area contributed by atoms with Gasteiger partial charge in [0.05, 0.1) is 0 Å². The van der Waals surface area contributed by atoms with Crippen LogP contribution in [0.5, 0.6) is 0 Å². The average Bonchev–Trinajstić information content (AvgIpc) is 2.75. The van der Waals surface area contributed by atoms with Crippen LogP contribution in [0.25, 0.3) is 0 Å². The second-order valence-electron chi connectivity index (χ2n) is 5.87. The van der Waals surface area contributed by atoms with Crippen LogP contribution in [-0.2, 0) is 0 Å². The molecule has 1 aliphatic rings. The number of nitrogens with one attached hydrogen (secondary N) is 2. The smallest absolute Gasteiger partial charge is 0.251 e.